The van der Waals surface area contributed by atoms with Crippen molar-refractivity contribution in [1.82, 2.24) is 5.32 Å². The fourth-order valence-corrected chi connectivity index (χ4v) is 3.31. The SMILES string of the molecule is COc1cccc(C(O)CNC(c2cccs2)C(C)C)c1. The van der Waals surface area contributed by atoms with Crippen LogP contribution in [0.1, 0.15) is 36.4 Å². The highest BCUT2D eigenvalue weighted by Gasteiger charge is 2.18. The quantitative estimate of drug-likeness (QED) is 0.818. The summed E-state index contributed by atoms with van der Waals surface area (Å²) in [5.74, 6) is 1.24. The Kier molecular flexibility index (Phi) is 5.79. The first kappa shape index (κ1) is 16.0. The van der Waals surface area contributed by atoms with E-state index in [1.54, 1.807) is 18.4 Å². The number of hydrogen-bond acceptors (Lipinski definition) is 4. The predicted molar refractivity (Wildman–Crippen MR) is 87.9 cm³/mol. The molecule has 0 saturated heterocycles. The fourth-order valence-electron chi connectivity index (χ4n) is 2.34. The summed E-state index contributed by atoms with van der Waals surface area (Å²) in [5.41, 5.74) is 0.871. The molecular formula is C17H23NO2S. The molecule has 2 atom stereocenters. The number of hydrogen-bond donors (Lipinski definition) is 2. The van der Waals surface area contributed by atoms with E-state index >= 15 is 0 Å². The van der Waals surface area contributed by atoms with Crippen LogP contribution in [0.4, 0.5) is 0 Å². The summed E-state index contributed by atoms with van der Waals surface area (Å²) in [6, 6.07) is 12.1. The van der Waals surface area contributed by atoms with Gasteiger partial charge in [0, 0.05) is 17.5 Å². The van der Waals surface area contributed by atoms with Crippen molar-refractivity contribution in [2.24, 2.45) is 5.92 Å². The number of aliphatic hydroxyl groups is 1. The molecule has 0 saturated carbocycles. The van der Waals surface area contributed by atoms with Gasteiger partial charge in [0.2, 0.25) is 0 Å². The van der Waals surface area contributed by atoms with Gasteiger partial charge in [-0.3, -0.25) is 0 Å². The van der Waals surface area contributed by atoms with E-state index in [0.717, 1.165) is 11.3 Å². The Morgan fingerprint density at radius 2 is 2.05 bits per heavy atom. The number of aliphatic hydroxyl groups excluding tert-OH is 1. The van der Waals surface area contributed by atoms with E-state index in [2.05, 4.69) is 36.7 Å². The van der Waals surface area contributed by atoms with Gasteiger partial charge in [-0.25, -0.2) is 0 Å². The molecule has 1 aromatic carbocycles. The average molecular weight is 305 g/mol. The Morgan fingerprint density at radius 3 is 2.67 bits per heavy atom. The Balaban J connectivity index is 2.00. The molecule has 0 amide bonds. The molecule has 2 rings (SSSR count). The van der Waals surface area contributed by atoms with Crippen molar-refractivity contribution in [3.63, 3.8) is 0 Å². The lowest BCUT2D eigenvalue weighted by Gasteiger charge is -2.23. The van der Waals surface area contributed by atoms with Crippen molar-refractivity contribution in [2.45, 2.75) is 26.0 Å². The number of rotatable bonds is 7. The van der Waals surface area contributed by atoms with E-state index in [4.69, 9.17) is 4.74 Å². The molecule has 0 bridgehead atoms. The topological polar surface area (TPSA) is 41.5 Å². The molecule has 0 aliphatic rings. The molecule has 3 nitrogen and oxygen atoms in total. The van der Waals surface area contributed by atoms with Crippen LogP contribution in [0.2, 0.25) is 0 Å². The van der Waals surface area contributed by atoms with E-state index in [0.29, 0.717) is 12.5 Å². The predicted octanol–water partition coefficient (Wildman–Crippen LogP) is 3.78. The van der Waals surface area contributed by atoms with Crippen molar-refractivity contribution in [3.8, 4) is 5.75 Å². The van der Waals surface area contributed by atoms with E-state index in [1.165, 1.54) is 4.88 Å². The average Bonchev–Trinajstić information content (AvgIpc) is 3.01. The molecule has 1 heterocycles. The monoisotopic (exact) mass is 305 g/mol. The normalized spacial score (nSPS) is 14.1. The van der Waals surface area contributed by atoms with Crippen molar-refractivity contribution in [2.75, 3.05) is 13.7 Å². The Labute approximate surface area is 130 Å². The van der Waals surface area contributed by atoms with E-state index in [1.807, 2.05) is 24.3 Å². The Morgan fingerprint density at radius 1 is 1.24 bits per heavy atom. The zero-order valence-corrected chi connectivity index (χ0v) is 13.6. The maximum absolute atomic E-state index is 10.4. The van der Waals surface area contributed by atoms with Crippen LogP contribution in [-0.4, -0.2) is 18.8 Å². The molecule has 0 fully saturated rings. The van der Waals surface area contributed by atoms with E-state index in [9.17, 15) is 5.11 Å². The zero-order chi connectivity index (χ0) is 15.2. The third-order valence-electron chi connectivity index (χ3n) is 3.53. The Hall–Kier alpha value is -1.36. The second kappa shape index (κ2) is 7.59. The largest absolute Gasteiger partial charge is 0.497 e. The number of benzene rings is 1. The lowest BCUT2D eigenvalue weighted by atomic mass is 10.0. The van der Waals surface area contributed by atoms with Crippen LogP contribution in [0, 0.1) is 5.92 Å². The highest BCUT2D eigenvalue weighted by molar-refractivity contribution is 7.10. The summed E-state index contributed by atoms with van der Waals surface area (Å²) >= 11 is 1.75. The third kappa shape index (κ3) is 4.30. The van der Waals surface area contributed by atoms with Gasteiger partial charge in [-0.15, -0.1) is 11.3 Å². The van der Waals surface area contributed by atoms with Crippen LogP contribution in [-0.2, 0) is 0 Å². The lowest BCUT2D eigenvalue weighted by Crippen LogP contribution is -2.29. The summed E-state index contributed by atoms with van der Waals surface area (Å²) in [5, 5.41) is 15.9. The highest BCUT2D eigenvalue weighted by Crippen LogP contribution is 2.26. The van der Waals surface area contributed by atoms with Gasteiger partial charge in [0.05, 0.1) is 13.2 Å². The second-order valence-electron chi connectivity index (χ2n) is 5.44. The number of ether oxygens (including phenoxy) is 1. The maximum Gasteiger partial charge on any atom is 0.119 e. The van der Waals surface area contributed by atoms with Gasteiger partial charge >= 0.3 is 0 Å². The van der Waals surface area contributed by atoms with Crippen LogP contribution in [0.5, 0.6) is 5.75 Å². The number of nitrogens with one attached hydrogen (secondary N) is 1. The number of thiophene rings is 1. The first-order valence-corrected chi connectivity index (χ1v) is 8.08. The molecule has 2 unspecified atom stereocenters. The highest BCUT2D eigenvalue weighted by atomic mass is 32.1. The molecular weight excluding hydrogens is 282 g/mol. The minimum atomic E-state index is -0.540. The second-order valence-corrected chi connectivity index (χ2v) is 6.42. The summed E-state index contributed by atoms with van der Waals surface area (Å²) in [6.45, 7) is 4.90. The van der Waals surface area contributed by atoms with E-state index < -0.39 is 6.10 Å². The van der Waals surface area contributed by atoms with Crippen molar-refractivity contribution in [3.05, 3.63) is 52.2 Å². The molecule has 0 spiro atoms. The van der Waals surface area contributed by atoms with Gasteiger partial charge in [-0.2, -0.15) is 0 Å². The molecule has 114 valence electrons. The minimum absolute atomic E-state index is 0.269. The van der Waals surface area contributed by atoms with Crippen molar-refractivity contribution < 1.29 is 9.84 Å². The summed E-state index contributed by atoms with van der Waals surface area (Å²) in [7, 11) is 1.63. The van der Waals surface area contributed by atoms with Gasteiger partial charge < -0.3 is 15.2 Å². The smallest absolute Gasteiger partial charge is 0.119 e. The summed E-state index contributed by atoms with van der Waals surface area (Å²) < 4.78 is 5.20. The molecule has 21 heavy (non-hydrogen) atoms. The van der Waals surface area contributed by atoms with Crippen LogP contribution < -0.4 is 10.1 Å². The zero-order valence-electron chi connectivity index (χ0n) is 12.7. The first-order valence-electron chi connectivity index (χ1n) is 7.20. The summed E-state index contributed by atoms with van der Waals surface area (Å²) in [6.07, 6.45) is -0.540. The fraction of sp³-hybridized carbons (Fsp3) is 0.412. The van der Waals surface area contributed by atoms with Crippen LogP contribution in [0.25, 0.3) is 0 Å². The molecule has 0 aliphatic heterocycles. The van der Waals surface area contributed by atoms with Crippen LogP contribution in [0.3, 0.4) is 0 Å². The van der Waals surface area contributed by atoms with Gasteiger partial charge in [-0.1, -0.05) is 32.0 Å². The number of methoxy groups -OCH3 is 1. The van der Waals surface area contributed by atoms with Crippen molar-refractivity contribution in [1.29, 1.82) is 0 Å². The van der Waals surface area contributed by atoms with Gasteiger partial charge in [0.25, 0.3) is 0 Å². The van der Waals surface area contributed by atoms with Gasteiger partial charge in [-0.05, 0) is 35.1 Å². The lowest BCUT2D eigenvalue weighted by molar-refractivity contribution is 0.165. The first-order chi connectivity index (χ1) is 10.1. The molecule has 2 N–H and O–H groups in total. The van der Waals surface area contributed by atoms with Gasteiger partial charge in [0.1, 0.15) is 5.75 Å². The standard InChI is InChI=1S/C17H23NO2S/c1-12(2)17(16-8-5-9-21-16)18-11-15(19)13-6-4-7-14(10-13)20-3/h4-10,12,15,17-19H,11H2,1-3H3. The molecule has 1 aromatic heterocycles. The molecule has 4 heteroatoms. The molecule has 0 radical (unpaired) electrons. The van der Waals surface area contributed by atoms with Crippen LogP contribution >= 0.6 is 11.3 Å². The van der Waals surface area contributed by atoms with E-state index in [-0.39, 0.29) is 6.04 Å². The van der Waals surface area contributed by atoms with Crippen molar-refractivity contribution >= 4 is 11.3 Å². The molecule has 0 aliphatic carbocycles. The minimum Gasteiger partial charge on any atom is -0.497 e. The third-order valence-corrected chi connectivity index (χ3v) is 4.48. The van der Waals surface area contributed by atoms with Gasteiger partial charge in [0.15, 0.2) is 0 Å². The molecule has 2 aromatic rings. The summed E-state index contributed by atoms with van der Waals surface area (Å²) in [4.78, 5) is 1.31. The Bertz CT molecular complexity index is 539. The maximum atomic E-state index is 10.4. The van der Waals surface area contributed by atoms with Crippen LogP contribution in [0.15, 0.2) is 41.8 Å².